The molecule has 9 heteroatoms. The number of carbonyl (C=O) groups excluding carboxylic acids is 1. The van der Waals surface area contributed by atoms with Crippen molar-refractivity contribution in [1.29, 1.82) is 0 Å². The number of hydrogen-bond donors (Lipinski definition) is 1. The Morgan fingerprint density at radius 2 is 1.90 bits per heavy atom. The van der Waals surface area contributed by atoms with E-state index in [1.807, 2.05) is 52.0 Å². The van der Waals surface area contributed by atoms with E-state index in [-0.39, 0.29) is 22.3 Å². The molecule has 0 saturated carbocycles. The summed E-state index contributed by atoms with van der Waals surface area (Å²) in [6.07, 6.45) is 3.94. The number of hydrogen-bond acceptors (Lipinski definition) is 6. The molecule has 8 nitrogen and oxygen atoms in total. The summed E-state index contributed by atoms with van der Waals surface area (Å²) in [4.78, 5) is 14.4. The lowest BCUT2D eigenvalue weighted by Gasteiger charge is -2.43. The normalized spacial score (nSPS) is 22.0. The van der Waals surface area contributed by atoms with Gasteiger partial charge in [0.15, 0.2) is 5.65 Å². The second-order valence-electron chi connectivity index (χ2n) is 10.7. The van der Waals surface area contributed by atoms with Gasteiger partial charge in [0.05, 0.1) is 6.04 Å². The molecule has 2 atom stereocenters. The van der Waals surface area contributed by atoms with Crippen molar-refractivity contribution in [3.63, 3.8) is 0 Å². The van der Waals surface area contributed by atoms with Crippen LogP contribution in [0.5, 0.6) is 0 Å². The number of amides is 1. The first-order chi connectivity index (χ1) is 14.4. The molecule has 1 amide bonds. The van der Waals surface area contributed by atoms with Gasteiger partial charge in [0, 0.05) is 35.6 Å². The summed E-state index contributed by atoms with van der Waals surface area (Å²) in [5.41, 5.74) is 2.49. The van der Waals surface area contributed by atoms with Crippen LogP contribution in [-0.2, 0) is 22.5 Å². The van der Waals surface area contributed by atoms with Crippen molar-refractivity contribution in [3.05, 3.63) is 29.7 Å². The Hall–Kier alpha value is -1.84. The lowest BCUT2D eigenvalue weighted by molar-refractivity contribution is 0.00709. The van der Waals surface area contributed by atoms with E-state index in [0.29, 0.717) is 13.1 Å². The zero-order chi connectivity index (χ0) is 22.6. The average Bonchev–Trinajstić information content (AvgIpc) is 3.24. The molecule has 1 saturated heterocycles. The molecule has 1 spiro atoms. The molecule has 2 aromatic rings. The van der Waals surface area contributed by atoms with Crippen molar-refractivity contribution >= 4 is 23.1 Å². The van der Waals surface area contributed by atoms with Gasteiger partial charge in [0.25, 0.3) is 0 Å². The van der Waals surface area contributed by atoms with Crippen LogP contribution in [0.2, 0.25) is 0 Å². The fraction of sp³-hybridized carbons (Fsp3) is 0.682. The maximum Gasteiger partial charge on any atom is 0.410 e. The number of carbonyl (C=O) groups is 1. The van der Waals surface area contributed by atoms with Gasteiger partial charge in [-0.15, -0.1) is 14.9 Å². The Kier molecular flexibility index (Phi) is 5.51. The third-order valence-electron chi connectivity index (χ3n) is 6.24. The van der Waals surface area contributed by atoms with Gasteiger partial charge in [-0.3, -0.25) is 4.40 Å². The van der Waals surface area contributed by atoms with Crippen molar-refractivity contribution in [1.82, 2.24) is 24.2 Å². The molecule has 1 aliphatic heterocycles. The summed E-state index contributed by atoms with van der Waals surface area (Å²) in [5, 5.41) is 8.26. The molecule has 0 bridgehead atoms. The van der Waals surface area contributed by atoms with Crippen LogP contribution in [0, 0.1) is 5.41 Å². The molecule has 3 heterocycles. The van der Waals surface area contributed by atoms with Crippen molar-refractivity contribution in [2.45, 2.75) is 77.2 Å². The number of pyridine rings is 1. The minimum Gasteiger partial charge on any atom is -0.598 e. The Bertz CT molecular complexity index is 970. The predicted octanol–water partition coefficient (Wildman–Crippen LogP) is 3.40. The van der Waals surface area contributed by atoms with Crippen LogP contribution in [0.1, 0.15) is 71.7 Å². The first-order valence-electron chi connectivity index (χ1n) is 10.9. The topological polar surface area (TPSA) is 94.8 Å². The lowest BCUT2D eigenvalue weighted by atomic mass is 9.73. The largest absolute Gasteiger partial charge is 0.598 e. The highest BCUT2D eigenvalue weighted by atomic mass is 32.2. The van der Waals surface area contributed by atoms with E-state index in [4.69, 9.17) is 4.74 Å². The lowest BCUT2D eigenvalue weighted by Crippen LogP contribution is -2.51. The molecule has 1 aliphatic carbocycles. The summed E-state index contributed by atoms with van der Waals surface area (Å²) in [6, 6.07) is 4.00. The highest BCUT2D eigenvalue weighted by Gasteiger charge is 2.52. The van der Waals surface area contributed by atoms with E-state index in [2.05, 4.69) is 21.0 Å². The van der Waals surface area contributed by atoms with Crippen LogP contribution >= 0.6 is 0 Å². The predicted molar refractivity (Wildman–Crippen MR) is 120 cm³/mol. The van der Waals surface area contributed by atoms with Gasteiger partial charge < -0.3 is 14.2 Å². The van der Waals surface area contributed by atoms with E-state index >= 15 is 0 Å². The second kappa shape index (κ2) is 7.64. The zero-order valence-electron chi connectivity index (χ0n) is 19.3. The highest BCUT2D eigenvalue weighted by molar-refractivity contribution is 7.90. The van der Waals surface area contributed by atoms with Crippen LogP contribution in [0.3, 0.4) is 0 Å². The maximum atomic E-state index is 13.1. The Labute approximate surface area is 187 Å². The quantitative estimate of drug-likeness (QED) is 0.709. The van der Waals surface area contributed by atoms with Gasteiger partial charge in [-0.2, -0.15) is 0 Å². The standard InChI is InChI=1S/C22H33N5O3S/c1-20(2,3)30-19(28)26-11-9-22(10-12-26)13-16-15(7-8-17-24-23-14-27(16)17)18(22)25-31(29)21(4,5)6/h7-8,14,18,25H,9-13H2,1-6H3/t18-,31?/m1/s1. The first kappa shape index (κ1) is 22.4. The van der Waals surface area contributed by atoms with Gasteiger partial charge >= 0.3 is 6.09 Å². The smallest absolute Gasteiger partial charge is 0.410 e. The van der Waals surface area contributed by atoms with Crippen LogP contribution < -0.4 is 4.72 Å². The van der Waals surface area contributed by atoms with Gasteiger partial charge in [-0.1, -0.05) is 6.07 Å². The fourth-order valence-electron chi connectivity index (χ4n) is 4.58. The van der Waals surface area contributed by atoms with Gasteiger partial charge in [0.2, 0.25) is 0 Å². The molecule has 1 N–H and O–H groups in total. The minimum absolute atomic E-state index is 0.0601. The van der Waals surface area contributed by atoms with Crippen LogP contribution in [-0.4, -0.2) is 53.6 Å². The molecule has 4 rings (SSSR count). The summed E-state index contributed by atoms with van der Waals surface area (Å²) >= 11 is -1.21. The molecule has 2 aromatic heterocycles. The van der Waals surface area contributed by atoms with Crippen LogP contribution in [0.4, 0.5) is 4.79 Å². The van der Waals surface area contributed by atoms with Crippen LogP contribution in [0.15, 0.2) is 18.5 Å². The number of fused-ring (bicyclic) bond motifs is 3. The minimum atomic E-state index is -1.21. The van der Waals surface area contributed by atoms with E-state index < -0.39 is 17.0 Å². The van der Waals surface area contributed by atoms with E-state index in [1.165, 1.54) is 0 Å². The number of nitrogens with zero attached hydrogens (tertiary/aromatic N) is 4. The summed E-state index contributed by atoms with van der Waals surface area (Å²) < 4.78 is 23.8. The van der Waals surface area contributed by atoms with Crippen LogP contribution in [0.25, 0.3) is 5.65 Å². The first-order valence-corrected chi connectivity index (χ1v) is 12.0. The highest BCUT2D eigenvalue weighted by Crippen LogP contribution is 2.52. The zero-order valence-corrected chi connectivity index (χ0v) is 20.1. The average molecular weight is 448 g/mol. The van der Waals surface area contributed by atoms with Crippen molar-refractivity contribution < 1.29 is 14.1 Å². The third kappa shape index (κ3) is 4.27. The molecular formula is C22H33N5O3S. The summed E-state index contributed by atoms with van der Waals surface area (Å²) in [7, 11) is 0. The van der Waals surface area contributed by atoms with Crippen molar-refractivity contribution in [3.8, 4) is 0 Å². The number of likely N-dealkylation sites (tertiary alicyclic amines) is 1. The Balaban J connectivity index is 1.62. The van der Waals surface area contributed by atoms with Gasteiger partial charge in [0.1, 0.15) is 16.7 Å². The molecule has 0 aromatic carbocycles. The monoisotopic (exact) mass is 447 g/mol. The maximum absolute atomic E-state index is 13.1. The molecule has 1 fully saturated rings. The second-order valence-corrected chi connectivity index (χ2v) is 12.7. The third-order valence-corrected chi connectivity index (χ3v) is 7.81. The SMILES string of the molecule is CC(C)(C)OC(=O)N1CCC2(CC1)Cc1c(ccc3nncn13)[C@H]2N[S+]([O-])C(C)(C)C. The Morgan fingerprint density at radius 3 is 2.52 bits per heavy atom. The van der Waals surface area contributed by atoms with Crippen molar-refractivity contribution in [2.24, 2.45) is 5.41 Å². The molecule has 31 heavy (non-hydrogen) atoms. The number of aromatic nitrogens is 3. The van der Waals surface area contributed by atoms with Crippen molar-refractivity contribution in [2.75, 3.05) is 13.1 Å². The summed E-state index contributed by atoms with van der Waals surface area (Å²) in [6.45, 7) is 12.8. The van der Waals surface area contributed by atoms with E-state index in [0.717, 1.165) is 36.2 Å². The van der Waals surface area contributed by atoms with E-state index in [9.17, 15) is 9.35 Å². The molecule has 1 unspecified atom stereocenters. The van der Waals surface area contributed by atoms with Gasteiger partial charge in [-0.25, -0.2) is 4.79 Å². The van der Waals surface area contributed by atoms with E-state index in [1.54, 1.807) is 11.2 Å². The number of nitrogens with one attached hydrogen (secondary N) is 1. The number of rotatable bonds is 2. The molecular weight excluding hydrogens is 414 g/mol. The number of piperidine rings is 1. The molecule has 170 valence electrons. The summed E-state index contributed by atoms with van der Waals surface area (Å²) in [5.74, 6) is 0. The number of ether oxygens (including phenoxy) is 1. The molecule has 2 aliphatic rings. The van der Waals surface area contributed by atoms with Gasteiger partial charge in [-0.05, 0) is 72.4 Å². The fourth-order valence-corrected chi connectivity index (χ4v) is 5.52. The Morgan fingerprint density at radius 1 is 1.23 bits per heavy atom. The molecule has 0 radical (unpaired) electrons.